The molecule has 54 heavy (non-hydrogen) atoms. The molecule has 10 heteroatoms. The number of nitrogens with one attached hydrogen (secondary N) is 2. The van der Waals surface area contributed by atoms with Gasteiger partial charge in [0.15, 0.2) is 0 Å². The van der Waals surface area contributed by atoms with Crippen LogP contribution in [0.4, 0.5) is 5.69 Å². The van der Waals surface area contributed by atoms with Crippen LogP contribution in [0.25, 0.3) is 0 Å². The van der Waals surface area contributed by atoms with Crippen LogP contribution in [0.3, 0.4) is 0 Å². The van der Waals surface area contributed by atoms with Crippen molar-refractivity contribution in [3.63, 3.8) is 0 Å². The van der Waals surface area contributed by atoms with Crippen molar-refractivity contribution < 1.29 is 19.8 Å². The summed E-state index contributed by atoms with van der Waals surface area (Å²) in [6.45, 7) is 11.9. The molecule has 0 spiro atoms. The van der Waals surface area contributed by atoms with E-state index in [-0.39, 0.29) is 29.4 Å². The van der Waals surface area contributed by atoms with Crippen molar-refractivity contribution >= 4 is 17.5 Å². The standard InChI is InChI=1S/C44H56N6O4/c1-5-32-23-35(52)19-29(4)37(32)25-39(45)43(53)48-41-11-12-47-42-33(21-31(22-38(41)42)20-30-9-7-6-8-10-30)26-49-13-15-50(16-14-49)44(54)40(46)24-36-27(2)17-34(51)18-28(36)3/h6-10,17-19,21-23,39-41,47,51-52H,5,11-16,20,24-26,45-46H2,1-4H3,(H,48,53)/t39-,40-,41+/m0/s1. The molecular formula is C44H56N6O4. The van der Waals surface area contributed by atoms with Crippen LogP contribution in [-0.2, 0) is 41.8 Å². The molecule has 0 saturated carbocycles. The number of rotatable bonds is 12. The first-order valence-electron chi connectivity index (χ1n) is 19.3. The lowest BCUT2D eigenvalue weighted by molar-refractivity contribution is -0.134. The summed E-state index contributed by atoms with van der Waals surface area (Å²) < 4.78 is 0. The van der Waals surface area contributed by atoms with Gasteiger partial charge in [0.25, 0.3) is 0 Å². The Hall–Kier alpha value is -4.90. The zero-order valence-corrected chi connectivity index (χ0v) is 32.1. The van der Waals surface area contributed by atoms with Gasteiger partial charge in [0.1, 0.15) is 11.5 Å². The Balaban J connectivity index is 1.16. The van der Waals surface area contributed by atoms with Crippen molar-refractivity contribution in [2.24, 2.45) is 11.5 Å². The summed E-state index contributed by atoms with van der Waals surface area (Å²) in [6.07, 6.45) is 3.08. The molecule has 4 aromatic rings. The number of piperazine rings is 1. The summed E-state index contributed by atoms with van der Waals surface area (Å²) in [7, 11) is 0. The Morgan fingerprint density at radius 2 is 1.44 bits per heavy atom. The molecule has 10 nitrogen and oxygen atoms in total. The van der Waals surface area contributed by atoms with Crippen molar-refractivity contribution in [1.82, 2.24) is 15.1 Å². The van der Waals surface area contributed by atoms with E-state index in [9.17, 15) is 19.8 Å². The number of nitrogens with zero attached hydrogens (tertiary/aromatic N) is 2. The molecule has 0 bridgehead atoms. The summed E-state index contributed by atoms with van der Waals surface area (Å²) >= 11 is 0. The van der Waals surface area contributed by atoms with E-state index in [1.54, 1.807) is 24.3 Å². The third-order valence-electron chi connectivity index (χ3n) is 11.2. The summed E-state index contributed by atoms with van der Waals surface area (Å²) in [6, 6.07) is 20.3. The average molecular weight is 733 g/mol. The van der Waals surface area contributed by atoms with Crippen LogP contribution >= 0.6 is 0 Å². The summed E-state index contributed by atoms with van der Waals surface area (Å²) in [5.41, 5.74) is 24.6. The summed E-state index contributed by atoms with van der Waals surface area (Å²) in [5.74, 6) is 0.214. The van der Waals surface area contributed by atoms with Gasteiger partial charge in [0, 0.05) is 45.0 Å². The quantitative estimate of drug-likeness (QED) is 0.120. The number of phenols is 2. The Morgan fingerprint density at radius 3 is 2.11 bits per heavy atom. The molecule has 286 valence electrons. The van der Waals surface area contributed by atoms with Gasteiger partial charge in [-0.3, -0.25) is 14.5 Å². The van der Waals surface area contributed by atoms with E-state index in [0.717, 1.165) is 83.5 Å². The van der Waals surface area contributed by atoms with Gasteiger partial charge in [0.2, 0.25) is 11.8 Å². The summed E-state index contributed by atoms with van der Waals surface area (Å²) in [4.78, 5) is 31.4. The molecule has 1 saturated heterocycles. The lowest BCUT2D eigenvalue weighted by atomic mass is 9.89. The highest BCUT2D eigenvalue weighted by atomic mass is 16.3. The van der Waals surface area contributed by atoms with Crippen molar-refractivity contribution in [3.05, 3.63) is 122 Å². The van der Waals surface area contributed by atoms with Crippen molar-refractivity contribution in [3.8, 4) is 11.5 Å². The minimum absolute atomic E-state index is 0.0475. The maximum absolute atomic E-state index is 13.7. The Labute approximate surface area is 319 Å². The monoisotopic (exact) mass is 732 g/mol. The molecule has 1 fully saturated rings. The molecular weight excluding hydrogens is 677 g/mol. The van der Waals surface area contributed by atoms with Crippen LogP contribution in [0.5, 0.6) is 11.5 Å². The Morgan fingerprint density at radius 1 is 0.815 bits per heavy atom. The van der Waals surface area contributed by atoms with Gasteiger partial charge >= 0.3 is 0 Å². The number of nitrogens with two attached hydrogens (primary N) is 2. The van der Waals surface area contributed by atoms with Crippen LogP contribution in [0, 0.1) is 20.8 Å². The van der Waals surface area contributed by atoms with Crippen LogP contribution in [0.2, 0.25) is 0 Å². The smallest absolute Gasteiger partial charge is 0.239 e. The lowest BCUT2D eigenvalue weighted by Crippen LogP contribution is -2.53. The van der Waals surface area contributed by atoms with Crippen molar-refractivity contribution in [2.45, 2.75) is 84.5 Å². The Bertz CT molecular complexity index is 1950. The van der Waals surface area contributed by atoms with Crippen molar-refractivity contribution in [2.75, 3.05) is 38.0 Å². The predicted octanol–water partition coefficient (Wildman–Crippen LogP) is 4.93. The molecule has 6 rings (SSSR count). The first-order chi connectivity index (χ1) is 25.9. The van der Waals surface area contributed by atoms with Crippen LogP contribution in [0.1, 0.15) is 75.0 Å². The molecule has 2 amide bonds. The SMILES string of the molecule is CCc1cc(O)cc(C)c1C[C@H](N)C(=O)N[C@@H]1CCNc2c(CN3CCN(C(=O)[C@@H](N)Cc4c(C)cc(O)cc4C)CC3)cc(Cc3ccccc3)cc21. The number of aryl methyl sites for hydroxylation is 4. The van der Waals surface area contributed by atoms with E-state index >= 15 is 0 Å². The molecule has 0 aromatic heterocycles. The number of fused-ring (bicyclic) bond motifs is 1. The number of phenolic OH excluding ortho intramolecular Hbond substituents is 2. The van der Waals surface area contributed by atoms with E-state index < -0.39 is 12.1 Å². The number of hydrogen-bond donors (Lipinski definition) is 6. The van der Waals surface area contributed by atoms with Gasteiger partial charge in [-0.1, -0.05) is 49.4 Å². The maximum Gasteiger partial charge on any atom is 0.239 e. The predicted molar refractivity (Wildman–Crippen MR) is 215 cm³/mol. The molecule has 4 aromatic carbocycles. The minimum Gasteiger partial charge on any atom is -0.508 e. The molecule has 2 aliphatic rings. The van der Waals surface area contributed by atoms with Gasteiger partial charge in [-0.2, -0.15) is 0 Å². The first kappa shape index (κ1) is 38.8. The fourth-order valence-corrected chi connectivity index (χ4v) is 8.26. The number of carbonyl (C=O) groups excluding carboxylic acids is 2. The molecule has 8 N–H and O–H groups in total. The maximum atomic E-state index is 13.7. The Kier molecular flexibility index (Phi) is 12.3. The highest BCUT2D eigenvalue weighted by Gasteiger charge is 2.30. The second-order valence-corrected chi connectivity index (χ2v) is 15.2. The molecule has 0 radical (unpaired) electrons. The number of anilines is 1. The van der Waals surface area contributed by atoms with E-state index in [1.165, 1.54) is 16.7 Å². The summed E-state index contributed by atoms with van der Waals surface area (Å²) in [5, 5.41) is 27.0. The van der Waals surface area contributed by atoms with Gasteiger partial charge < -0.3 is 37.2 Å². The van der Waals surface area contributed by atoms with Gasteiger partial charge in [-0.05, 0) is 133 Å². The number of amides is 2. The number of hydrogen-bond acceptors (Lipinski definition) is 8. The minimum atomic E-state index is -0.731. The average Bonchev–Trinajstić information content (AvgIpc) is 3.14. The largest absolute Gasteiger partial charge is 0.508 e. The zero-order valence-electron chi connectivity index (χ0n) is 32.1. The zero-order chi connectivity index (χ0) is 38.5. The normalized spacial score (nSPS) is 17.0. The van der Waals surface area contributed by atoms with Crippen LogP contribution < -0.4 is 22.1 Å². The lowest BCUT2D eigenvalue weighted by Gasteiger charge is -2.37. The molecule has 2 aliphatic heterocycles. The van der Waals surface area contributed by atoms with Crippen LogP contribution in [-0.4, -0.2) is 76.6 Å². The van der Waals surface area contributed by atoms with E-state index in [1.807, 2.05) is 38.7 Å². The third kappa shape index (κ3) is 9.06. The topological polar surface area (TPSA) is 157 Å². The van der Waals surface area contributed by atoms with E-state index in [0.29, 0.717) is 32.5 Å². The van der Waals surface area contributed by atoms with Gasteiger partial charge in [-0.25, -0.2) is 0 Å². The number of benzene rings is 4. The number of carbonyl (C=O) groups is 2. The molecule has 0 aliphatic carbocycles. The highest BCUT2D eigenvalue weighted by molar-refractivity contribution is 5.83. The molecule has 2 heterocycles. The third-order valence-corrected chi connectivity index (χ3v) is 11.2. The van der Waals surface area contributed by atoms with Gasteiger partial charge in [0.05, 0.1) is 18.1 Å². The van der Waals surface area contributed by atoms with E-state index in [2.05, 4.69) is 51.9 Å². The molecule has 3 atom stereocenters. The van der Waals surface area contributed by atoms with Crippen molar-refractivity contribution in [1.29, 1.82) is 0 Å². The van der Waals surface area contributed by atoms with Crippen LogP contribution in [0.15, 0.2) is 66.7 Å². The van der Waals surface area contributed by atoms with E-state index in [4.69, 9.17) is 11.5 Å². The highest BCUT2D eigenvalue weighted by Crippen LogP contribution is 2.36. The molecule has 0 unspecified atom stereocenters. The van der Waals surface area contributed by atoms with Gasteiger partial charge in [-0.15, -0.1) is 0 Å². The second kappa shape index (κ2) is 17.1. The fourth-order valence-electron chi connectivity index (χ4n) is 8.26. The fraction of sp³-hybridized carbons (Fsp3) is 0.409. The number of aromatic hydroxyl groups is 2. The first-order valence-corrected chi connectivity index (χ1v) is 19.3. The second-order valence-electron chi connectivity index (χ2n) is 15.2.